The third-order valence-corrected chi connectivity index (χ3v) is 6.06. The molecular formula is C18H16N4OS2. The fraction of sp³-hybridized carbons (Fsp3) is 0.167. The van der Waals surface area contributed by atoms with E-state index < -0.39 is 0 Å². The molecule has 0 spiro atoms. The molecule has 0 bridgehead atoms. The first-order valence-corrected chi connectivity index (χ1v) is 9.56. The number of benzene rings is 2. The molecule has 0 saturated carbocycles. The van der Waals surface area contributed by atoms with Crippen molar-refractivity contribution < 1.29 is 4.79 Å². The Morgan fingerprint density at radius 2 is 1.84 bits per heavy atom. The summed E-state index contributed by atoms with van der Waals surface area (Å²) in [6.45, 7) is 1.90. The highest BCUT2D eigenvalue weighted by Crippen LogP contribution is 2.31. The van der Waals surface area contributed by atoms with E-state index in [0.717, 1.165) is 26.0 Å². The second kappa shape index (κ2) is 6.50. The Bertz CT molecular complexity index is 1040. The van der Waals surface area contributed by atoms with E-state index in [-0.39, 0.29) is 11.2 Å². The van der Waals surface area contributed by atoms with Gasteiger partial charge in [0, 0.05) is 12.7 Å². The minimum atomic E-state index is -0.267. The first-order valence-electron chi connectivity index (χ1n) is 7.87. The van der Waals surface area contributed by atoms with Crippen LogP contribution in [0.3, 0.4) is 0 Å². The van der Waals surface area contributed by atoms with Crippen molar-refractivity contribution in [2.75, 3.05) is 11.9 Å². The van der Waals surface area contributed by atoms with Gasteiger partial charge in [0.1, 0.15) is 0 Å². The van der Waals surface area contributed by atoms with E-state index in [0.29, 0.717) is 0 Å². The Labute approximate surface area is 153 Å². The van der Waals surface area contributed by atoms with Crippen LogP contribution >= 0.6 is 23.1 Å². The van der Waals surface area contributed by atoms with Crippen LogP contribution in [0.15, 0.2) is 59.8 Å². The summed E-state index contributed by atoms with van der Waals surface area (Å²) in [5, 5.41) is 9.01. The minimum Gasteiger partial charge on any atom is -0.315 e. The smallest absolute Gasteiger partial charge is 0.240 e. The van der Waals surface area contributed by atoms with E-state index in [1.807, 2.05) is 53.8 Å². The standard InChI is InChI=1S/C18H16N4OS2/c1-12(16(23)21(2)13-8-4-3-5-9-13)24-17-19-20-18-22(17)14-10-6-7-11-15(14)25-18/h3-12H,1-2H3/t12-/m0/s1. The normalized spacial score (nSPS) is 12.6. The molecular weight excluding hydrogens is 352 g/mol. The lowest BCUT2D eigenvalue weighted by atomic mass is 10.3. The molecule has 2 heterocycles. The number of aromatic nitrogens is 3. The Morgan fingerprint density at radius 3 is 2.64 bits per heavy atom. The van der Waals surface area contributed by atoms with Gasteiger partial charge in [0.2, 0.25) is 10.9 Å². The molecule has 2 aromatic heterocycles. The maximum atomic E-state index is 12.8. The van der Waals surface area contributed by atoms with Crippen LogP contribution in [-0.2, 0) is 4.79 Å². The molecule has 2 aromatic carbocycles. The molecule has 0 aliphatic rings. The lowest BCUT2D eigenvalue weighted by molar-refractivity contribution is -0.117. The van der Waals surface area contributed by atoms with Gasteiger partial charge in [0.05, 0.1) is 15.5 Å². The van der Waals surface area contributed by atoms with Crippen molar-refractivity contribution >= 4 is 49.9 Å². The van der Waals surface area contributed by atoms with Gasteiger partial charge in [-0.3, -0.25) is 9.20 Å². The number of carbonyl (C=O) groups excluding carboxylic acids is 1. The van der Waals surface area contributed by atoms with E-state index in [1.54, 1.807) is 23.3 Å². The highest BCUT2D eigenvalue weighted by atomic mass is 32.2. The largest absolute Gasteiger partial charge is 0.315 e. The summed E-state index contributed by atoms with van der Waals surface area (Å²) in [6, 6.07) is 17.8. The molecule has 1 amide bonds. The second-order valence-corrected chi connectivity index (χ2v) is 7.98. The van der Waals surface area contributed by atoms with Gasteiger partial charge in [-0.25, -0.2) is 0 Å². The van der Waals surface area contributed by atoms with Gasteiger partial charge < -0.3 is 4.90 Å². The van der Waals surface area contributed by atoms with Crippen LogP contribution < -0.4 is 4.90 Å². The van der Waals surface area contributed by atoms with E-state index in [2.05, 4.69) is 22.3 Å². The average Bonchev–Trinajstić information content (AvgIpc) is 3.21. The number of amides is 1. The van der Waals surface area contributed by atoms with Crippen molar-refractivity contribution in [2.45, 2.75) is 17.3 Å². The maximum Gasteiger partial charge on any atom is 0.240 e. The predicted octanol–water partition coefficient (Wildman–Crippen LogP) is 4.09. The lowest BCUT2D eigenvalue weighted by Gasteiger charge is -2.20. The topological polar surface area (TPSA) is 50.5 Å². The highest BCUT2D eigenvalue weighted by Gasteiger charge is 2.23. The fourth-order valence-electron chi connectivity index (χ4n) is 2.69. The number of nitrogens with zero attached hydrogens (tertiary/aromatic N) is 4. The number of thiazole rings is 1. The fourth-order valence-corrected chi connectivity index (χ4v) is 4.67. The van der Waals surface area contributed by atoms with Gasteiger partial charge in [-0.2, -0.15) is 0 Å². The first-order chi connectivity index (χ1) is 12.1. The molecule has 0 N–H and O–H groups in total. The van der Waals surface area contributed by atoms with E-state index >= 15 is 0 Å². The summed E-state index contributed by atoms with van der Waals surface area (Å²) < 4.78 is 3.19. The first kappa shape index (κ1) is 16.1. The number of hydrogen-bond acceptors (Lipinski definition) is 5. The zero-order valence-electron chi connectivity index (χ0n) is 13.8. The van der Waals surface area contributed by atoms with Gasteiger partial charge in [-0.1, -0.05) is 53.4 Å². The van der Waals surface area contributed by atoms with Crippen molar-refractivity contribution in [2.24, 2.45) is 0 Å². The quantitative estimate of drug-likeness (QED) is 0.509. The van der Waals surface area contributed by atoms with Gasteiger partial charge in [0.15, 0.2) is 5.16 Å². The molecule has 0 aliphatic heterocycles. The molecule has 126 valence electrons. The van der Waals surface area contributed by atoms with Crippen LogP contribution in [0, 0.1) is 0 Å². The summed E-state index contributed by atoms with van der Waals surface area (Å²) in [4.78, 5) is 15.3. The monoisotopic (exact) mass is 368 g/mol. The predicted molar refractivity (Wildman–Crippen MR) is 104 cm³/mol. The Kier molecular flexibility index (Phi) is 4.19. The number of anilines is 1. The summed E-state index contributed by atoms with van der Waals surface area (Å²) in [6.07, 6.45) is 0. The van der Waals surface area contributed by atoms with Crippen LogP contribution in [-0.4, -0.2) is 32.8 Å². The van der Waals surface area contributed by atoms with Gasteiger partial charge in [-0.15, -0.1) is 10.2 Å². The summed E-state index contributed by atoms with van der Waals surface area (Å²) in [7, 11) is 1.80. The number of carbonyl (C=O) groups is 1. The molecule has 4 aromatic rings. The van der Waals surface area contributed by atoms with Crippen LogP contribution in [0.4, 0.5) is 5.69 Å². The van der Waals surface area contributed by atoms with Crippen molar-refractivity contribution in [3.05, 3.63) is 54.6 Å². The summed E-state index contributed by atoms with van der Waals surface area (Å²) in [5.74, 6) is 0.0347. The zero-order chi connectivity index (χ0) is 17.4. The molecule has 7 heteroatoms. The molecule has 0 radical (unpaired) electrons. The van der Waals surface area contributed by atoms with E-state index in [4.69, 9.17) is 0 Å². The summed E-state index contributed by atoms with van der Waals surface area (Å²) >= 11 is 3.04. The van der Waals surface area contributed by atoms with Crippen LogP contribution in [0.5, 0.6) is 0 Å². The van der Waals surface area contributed by atoms with Gasteiger partial charge in [0.25, 0.3) is 0 Å². The van der Waals surface area contributed by atoms with Crippen molar-refractivity contribution in [1.82, 2.24) is 14.6 Å². The molecule has 0 fully saturated rings. The lowest BCUT2D eigenvalue weighted by Crippen LogP contribution is -2.33. The third kappa shape index (κ3) is 2.89. The van der Waals surface area contributed by atoms with Gasteiger partial charge in [-0.05, 0) is 31.2 Å². The van der Waals surface area contributed by atoms with Gasteiger partial charge >= 0.3 is 0 Å². The SMILES string of the molecule is C[C@H](Sc1nnc2sc3ccccc3n12)C(=O)N(C)c1ccccc1. The molecule has 0 unspecified atom stereocenters. The van der Waals surface area contributed by atoms with Crippen LogP contribution in [0.2, 0.25) is 0 Å². The molecule has 5 nitrogen and oxygen atoms in total. The molecule has 4 rings (SSSR count). The highest BCUT2D eigenvalue weighted by molar-refractivity contribution is 8.00. The van der Waals surface area contributed by atoms with Crippen LogP contribution in [0.25, 0.3) is 15.2 Å². The van der Waals surface area contributed by atoms with Crippen molar-refractivity contribution in [1.29, 1.82) is 0 Å². The number of hydrogen-bond donors (Lipinski definition) is 0. The molecule has 1 atom stereocenters. The molecule has 25 heavy (non-hydrogen) atoms. The summed E-state index contributed by atoms with van der Waals surface area (Å²) in [5.41, 5.74) is 1.96. The number of fused-ring (bicyclic) bond motifs is 3. The van der Waals surface area contributed by atoms with Crippen molar-refractivity contribution in [3.8, 4) is 0 Å². The molecule has 0 aliphatic carbocycles. The molecule has 0 saturated heterocycles. The zero-order valence-corrected chi connectivity index (χ0v) is 15.4. The Hall–Kier alpha value is -2.38. The second-order valence-electron chi connectivity index (χ2n) is 5.66. The number of thioether (sulfide) groups is 1. The number of para-hydroxylation sites is 2. The number of rotatable bonds is 4. The average molecular weight is 368 g/mol. The Balaban J connectivity index is 1.61. The third-order valence-electron chi connectivity index (χ3n) is 4.02. The van der Waals surface area contributed by atoms with Crippen molar-refractivity contribution in [3.63, 3.8) is 0 Å². The van der Waals surface area contributed by atoms with E-state index in [1.165, 1.54) is 11.8 Å². The van der Waals surface area contributed by atoms with Crippen LogP contribution in [0.1, 0.15) is 6.92 Å². The Morgan fingerprint density at radius 1 is 1.12 bits per heavy atom. The maximum absolute atomic E-state index is 12.8. The van der Waals surface area contributed by atoms with E-state index in [9.17, 15) is 4.79 Å². The minimum absolute atomic E-state index is 0.0347.